The third-order valence-corrected chi connectivity index (χ3v) is 12.2. The number of carboxylic acids is 1. The number of anilines is 1. The fraction of sp³-hybridized carbons (Fsp3) is 0.414. The summed E-state index contributed by atoms with van der Waals surface area (Å²) in [5.41, 5.74) is 1.26. The van der Waals surface area contributed by atoms with E-state index in [0.717, 1.165) is 6.07 Å². The highest BCUT2D eigenvalue weighted by molar-refractivity contribution is 7.70. The van der Waals surface area contributed by atoms with E-state index in [2.05, 4.69) is 0 Å². The number of aryl methyl sites for hydroxylation is 1. The van der Waals surface area contributed by atoms with E-state index in [0.29, 0.717) is 61.1 Å². The fourth-order valence-electron chi connectivity index (χ4n) is 6.16. The second kappa shape index (κ2) is 12.4. The van der Waals surface area contributed by atoms with Crippen LogP contribution in [0.4, 0.5) is 10.1 Å². The number of carbonyl (C=O) groups is 2. The molecule has 1 unspecified atom stereocenters. The van der Waals surface area contributed by atoms with Crippen molar-refractivity contribution in [2.75, 3.05) is 18.0 Å². The number of carbonyl (C=O) groups excluding carboxylic acids is 1. The zero-order chi connectivity index (χ0) is 32.8. The van der Waals surface area contributed by atoms with Crippen molar-refractivity contribution in [1.29, 1.82) is 0 Å². The topological polar surface area (TPSA) is 204 Å². The molecule has 2 aliphatic rings. The number of aromatic carboxylic acids is 1. The zero-order valence-corrected chi connectivity index (χ0v) is 26.0. The summed E-state index contributed by atoms with van der Waals surface area (Å²) in [5, 5.41) is 7.39. The van der Waals surface area contributed by atoms with Gasteiger partial charge in [-0.1, -0.05) is 24.3 Å². The van der Waals surface area contributed by atoms with Gasteiger partial charge in [-0.3, -0.25) is 18.7 Å². The number of aromatic nitrogens is 1. The number of hydrogen-bond donors (Lipinski definition) is 5. The molecule has 0 radical (unpaired) electrons. The molecule has 1 fully saturated rings. The van der Waals surface area contributed by atoms with Crippen molar-refractivity contribution in [2.45, 2.75) is 63.0 Å². The van der Waals surface area contributed by atoms with Crippen LogP contribution in [0.15, 0.2) is 41.3 Å². The normalized spacial score (nSPS) is 17.6. The molecule has 3 aromatic rings. The van der Waals surface area contributed by atoms with Gasteiger partial charge in [-0.05, 0) is 43.4 Å². The Bertz CT molecular complexity index is 1790. The first kappa shape index (κ1) is 33.0. The average Bonchev–Trinajstić information content (AvgIpc) is 2.94. The van der Waals surface area contributed by atoms with Gasteiger partial charge in [0.25, 0.3) is 0 Å². The summed E-state index contributed by atoms with van der Waals surface area (Å²) in [7, 11) is -10.1. The van der Waals surface area contributed by atoms with Crippen molar-refractivity contribution in [1.82, 2.24) is 4.57 Å². The van der Waals surface area contributed by atoms with Gasteiger partial charge in [-0.2, -0.15) is 0 Å². The molecule has 1 atom stereocenters. The molecule has 2 aromatic carbocycles. The number of rotatable bonds is 9. The van der Waals surface area contributed by atoms with Crippen LogP contribution in [-0.4, -0.2) is 65.8 Å². The summed E-state index contributed by atoms with van der Waals surface area (Å²) < 4.78 is 46.1. The number of benzene rings is 2. The van der Waals surface area contributed by atoms with E-state index >= 15 is 4.39 Å². The molecule has 13 nitrogen and oxygen atoms in total. The number of carboxylic acid groups (broad SMARTS) is 1. The van der Waals surface area contributed by atoms with Crippen LogP contribution in [0, 0.1) is 5.82 Å². The van der Waals surface area contributed by atoms with Crippen molar-refractivity contribution in [3.63, 3.8) is 0 Å². The monoisotopic (exact) mass is 666 g/mol. The Morgan fingerprint density at radius 3 is 2.20 bits per heavy atom. The number of nitrogens with zero attached hydrogens (tertiary/aromatic N) is 2. The second-order valence-electron chi connectivity index (χ2n) is 11.6. The molecule has 2 aliphatic heterocycles. The van der Waals surface area contributed by atoms with Crippen LogP contribution >= 0.6 is 15.2 Å². The summed E-state index contributed by atoms with van der Waals surface area (Å²) in [6.45, 7) is 2.69. The summed E-state index contributed by atoms with van der Waals surface area (Å²) >= 11 is 0. The molecule has 0 aliphatic carbocycles. The lowest BCUT2D eigenvalue weighted by atomic mass is 9.93. The summed E-state index contributed by atoms with van der Waals surface area (Å²) in [6.07, 6.45) is 2.28. The number of halogens is 1. The van der Waals surface area contributed by atoms with E-state index < -0.39 is 61.9 Å². The molecule has 0 amide bonds. The maximum absolute atomic E-state index is 15.6. The molecule has 242 valence electrons. The lowest BCUT2D eigenvalue weighted by molar-refractivity contribution is -0.149. The predicted octanol–water partition coefficient (Wildman–Crippen LogP) is 3.32. The SMILES string of the molecule is CC1CCc2c(N3CCC(OC(=O)Cc4ccc(CC(P(=O)(O)O)P(=O)(O)O)cc4)CC3)c(F)cc3c(=O)c(C(=O)O)cn1c23. The van der Waals surface area contributed by atoms with Crippen molar-refractivity contribution >= 4 is 43.7 Å². The van der Waals surface area contributed by atoms with Gasteiger partial charge in [0.2, 0.25) is 5.43 Å². The van der Waals surface area contributed by atoms with Crippen molar-refractivity contribution in [3.8, 4) is 0 Å². The Labute approximate surface area is 256 Å². The molecule has 0 saturated carbocycles. The number of hydrogen-bond acceptors (Lipinski definition) is 7. The first-order valence-corrected chi connectivity index (χ1v) is 17.7. The Kier molecular flexibility index (Phi) is 9.12. The average molecular weight is 667 g/mol. The van der Waals surface area contributed by atoms with Crippen LogP contribution in [-0.2, 0) is 37.9 Å². The van der Waals surface area contributed by atoms with Crippen LogP contribution in [0.5, 0.6) is 0 Å². The van der Waals surface area contributed by atoms with E-state index in [4.69, 9.17) is 4.74 Å². The van der Waals surface area contributed by atoms with Gasteiger partial charge in [0, 0.05) is 49.1 Å². The van der Waals surface area contributed by atoms with Gasteiger partial charge < -0.3 is 38.9 Å². The minimum absolute atomic E-state index is 0.0398. The largest absolute Gasteiger partial charge is 0.477 e. The molecule has 5 rings (SSSR count). The molecular formula is C29H33FN2O11P2. The summed E-state index contributed by atoms with van der Waals surface area (Å²) in [4.78, 5) is 76.4. The summed E-state index contributed by atoms with van der Waals surface area (Å²) in [5.74, 6) is -2.48. The number of ether oxygens (including phenoxy) is 1. The van der Waals surface area contributed by atoms with Crippen LogP contribution < -0.4 is 10.3 Å². The molecule has 1 aromatic heterocycles. The third-order valence-electron chi connectivity index (χ3n) is 8.48. The van der Waals surface area contributed by atoms with Crippen molar-refractivity contribution in [2.24, 2.45) is 0 Å². The Morgan fingerprint density at radius 2 is 1.62 bits per heavy atom. The van der Waals surface area contributed by atoms with Gasteiger partial charge >= 0.3 is 27.1 Å². The minimum Gasteiger partial charge on any atom is -0.477 e. The minimum atomic E-state index is -5.06. The standard InChI is InChI=1S/C29H33FN2O11P2/c1-16-2-7-20-26-21(28(34)22(29(35)36)15-32(16)26)14-23(30)27(20)31-10-8-19(9-11-31)43-24(33)12-17-3-5-18(6-4-17)13-25(44(37,38)39)45(40,41)42/h3-6,14-16,19,25H,2,7-13H2,1H3,(H,35,36)(H2,37,38,39)(H2,40,41,42). The van der Waals surface area contributed by atoms with Crippen molar-refractivity contribution < 1.29 is 52.5 Å². The van der Waals surface area contributed by atoms with Gasteiger partial charge in [0.15, 0.2) is 5.40 Å². The lowest BCUT2D eigenvalue weighted by Crippen LogP contribution is -2.39. The van der Waals surface area contributed by atoms with E-state index in [-0.39, 0.29) is 23.4 Å². The highest BCUT2D eigenvalue weighted by Gasteiger charge is 2.43. The lowest BCUT2D eigenvalue weighted by Gasteiger charge is -2.36. The molecule has 5 N–H and O–H groups in total. The van der Waals surface area contributed by atoms with Crippen LogP contribution in [0.25, 0.3) is 10.9 Å². The van der Waals surface area contributed by atoms with E-state index in [9.17, 15) is 48.2 Å². The molecule has 16 heteroatoms. The van der Waals surface area contributed by atoms with Crippen LogP contribution in [0.2, 0.25) is 0 Å². The van der Waals surface area contributed by atoms with Gasteiger partial charge in [0.1, 0.15) is 17.5 Å². The zero-order valence-electron chi connectivity index (χ0n) is 24.2. The van der Waals surface area contributed by atoms with Crippen LogP contribution in [0.3, 0.4) is 0 Å². The number of pyridine rings is 1. The highest BCUT2D eigenvalue weighted by Crippen LogP contribution is 2.60. The first-order chi connectivity index (χ1) is 21.0. The molecule has 1 saturated heterocycles. The maximum atomic E-state index is 15.6. The molecule has 45 heavy (non-hydrogen) atoms. The maximum Gasteiger partial charge on any atom is 0.341 e. The van der Waals surface area contributed by atoms with Gasteiger partial charge in [0.05, 0.1) is 17.6 Å². The molecular weight excluding hydrogens is 633 g/mol. The number of piperidine rings is 1. The van der Waals surface area contributed by atoms with E-state index in [1.165, 1.54) is 30.5 Å². The Hall–Kier alpha value is -3.38. The highest BCUT2D eigenvalue weighted by atomic mass is 31.2. The third kappa shape index (κ3) is 6.91. The molecule has 3 heterocycles. The second-order valence-corrected chi connectivity index (χ2v) is 15.6. The summed E-state index contributed by atoms with van der Waals surface area (Å²) in [6, 6.07) is 6.95. The molecule has 0 bridgehead atoms. The van der Waals surface area contributed by atoms with Gasteiger partial charge in [-0.15, -0.1) is 0 Å². The first-order valence-electron chi connectivity index (χ1n) is 14.3. The smallest absolute Gasteiger partial charge is 0.341 e. The predicted molar refractivity (Wildman–Crippen MR) is 161 cm³/mol. The Balaban J connectivity index is 1.24. The van der Waals surface area contributed by atoms with Crippen molar-refractivity contribution in [3.05, 3.63) is 74.8 Å². The van der Waals surface area contributed by atoms with Crippen LogP contribution in [0.1, 0.15) is 59.3 Å². The van der Waals surface area contributed by atoms with E-state index in [1.807, 2.05) is 11.8 Å². The van der Waals surface area contributed by atoms with E-state index in [1.54, 1.807) is 4.57 Å². The molecule has 0 spiro atoms. The Morgan fingerprint density at radius 1 is 1.02 bits per heavy atom. The van der Waals surface area contributed by atoms with Gasteiger partial charge in [-0.25, -0.2) is 9.18 Å². The fourth-order valence-corrected chi connectivity index (χ4v) is 8.62. The number of esters is 1. The quantitative estimate of drug-likeness (QED) is 0.165.